The highest BCUT2D eigenvalue weighted by atomic mass is 35.5. The van der Waals surface area contributed by atoms with E-state index in [9.17, 15) is 0 Å². The maximum Gasteiger partial charge on any atom is 0.227 e. The molecule has 3 heterocycles. The van der Waals surface area contributed by atoms with Crippen molar-refractivity contribution in [3.05, 3.63) is 64.9 Å². The molecule has 166 valence electrons. The van der Waals surface area contributed by atoms with Crippen LogP contribution in [0.25, 0.3) is 11.0 Å². The summed E-state index contributed by atoms with van der Waals surface area (Å²) in [4.78, 5) is 7.19. The van der Waals surface area contributed by atoms with Crippen LogP contribution >= 0.6 is 23.4 Å². The zero-order valence-electron chi connectivity index (χ0n) is 18.1. The van der Waals surface area contributed by atoms with E-state index in [-0.39, 0.29) is 5.25 Å². The van der Waals surface area contributed by atoms with Crippen LogP contribution in [0.5, 0.6) is 0 Å². The molecule has 1 saturated heterocycles. The van der Waals surface area contributed by atoms with Crippen LogP contribution in [0.4, 0.5) is 5.95 Å². The first-order chi connectivity index (χ1) is 15.6. The van der Waals surface area contributed by atoms with E-state index >= 15 is 0 Å². The van der Waals surface area contributed by atoms with Crippen LogP contribution < -0.4 is 4.90 Å². The lowest BCUT2D eigenvalue weighted by molar-refractivity contribution is 0.121. The topological polar surface area (TPSA) is 61.0 Å². The molecule has 1 unspecified atom stereocenters. The molecule has 2 aromatic carbocycles. The molecule has 0 radical (unpaired) electrons. The van der Waals surface area contributed by atoms with Crippen molar-refractivity contribution >= 4 is 40.3 Å². The molecule has 0 aliphatic carbocycles. The Bertz CT molecular complexity index is 1220. The lowest BCUT2D eigenvalue weighted by Crippen LogP contribution is -2.37. The number of nitrogens with zero attached hydrogens (tertiary/aromatic N) is 6. The van der Waals surface area contributed by atoms with Gasteiger partial charge in [0.25, 0.3) is 0 Å². The molecule has 5 rings (SSSR count). The third-order valence-corrected chi connectivity index (χ3v) is 7.04. The third-order valence-electron chi connectivity index (χ3n) is 5.67. The van der Waals surface area contributed by atoms with Crippen molar-refractivity contribution < 1.29 is 4.74 Å². The Morgan fingerprint density at radius 2 is 1.88 bits per heavy atom. The molecular weight excluding hydrogens is 444 g/mol. The smallest absolute Gasteiger partial charge is 0.227 e. The normalized spacial score (nSPS) is 15.4. The predicted molar refractivity (Wildman–Crippen MR) is 129 cm³/mol. The number of imidazole rings is 1. The monoisotopic (exact) mass is 468 g/mol. The van der Waals surface area contributed by atoms with Gasteiger partial charge in [0.15, 0.2) is 5.16 Å². The van der Waals surface area contributed by atoms with Gasteiger partial charge in [0.05, 0.1) is 29.5 Å². The Morgan fingerprint density at radius 3 is 2.66 bits per heavy atom. The van der Waals surface area contributed by atoms with E-state index in [1.807, 2.05) is 31.3 Å². The molecule has 0 spiro atoms. The number of rotatable bonds is 6. The summed E-state index contributed by atoms with van der Waals surface area (Å²) in [7, 11) is 2.02. The summed E-state index contributed by atoms with van der Waals surface area (Å²) in [6.07, 6.45) is 0. The molecule has 1 aliphatic heterocycles. The van der Waals surface area contributed by atoms with Gasteiger partial charge in [0.1, 0.15) is 5.82 Å². The van der Waals surface area contributed by atoms with Crippen molar-refractivity contribution in [2.75, 3.05) is 31.2 Å². The second kappa shape index (κ2) is 9.13. The van der Waals surface area contributed by atoms with Gasteiger partial charge in [-0.25, -0.2) is 4.98 Å². The molecule has 2 aromatic heterocycles. The van der Waals surface area contributed by atoms with Crippen LogP contribution in [-0.4, -0.2) is 50.6 Å². The lowest BCUT2D eigenvalue weighted by Gasteiger charge is -2.27. The minimum atomic E-state index is 0.0744. The fraction of sp³-hybridized carbons (Fsp3) is 0.348. The first-order valence-corrected chi connectivity index (χ1v) is 11.9. The Kier molecular flexibility index (Phi) is 6.08. The highest BCUT2D eigenvalue weighted by Crippen LogP contribution is 2.36. The van der Waals surface area contributed by atoms with Gasteiger partial charge in [-0.2, -0.15) is 0 Å². The third kappa shape index (κ3) is 4.22. The Hall–Kier alpha value is -2.55. The van der Waals surface area contributed by atoms with Crippen molar-refractivity contribution in [2.24, 2.45) is 7.05 Å². The molecule has 1 aliphatic rings. The van der Waals surface area contributed by atoms with Gasteiger partial charge >= 0.3 is 0 Å². The van der Waals surface area contributed by atoms with E-state index in [2.05, 4.69) is 55.4 Å². The summed E-state index contributed by atoms with van der Waals surface area (Å²) in [5, 5.41) is 10.6. The number of thioether (sulfide) groups is 1. The molecule has 32 heavy (non-hydrogen) atoms. The van der Waals surface area contributed by atoms with Crippen LogP contribution in [0.1, 0.15) is 23.6 Å². The lowest BCUT2D eigenvalue weighted by atomic mass is 10.2. The Morgan fingerprint density at radius 1 is 1.09 bits per heavy atom. The summed E-state index contributed by atoms with van der Waals surface area (Å²) in [6.45, 7) is 6.02. The van der Waals surface area contributed by atoms with E-state index in [1.165, 1.54) is 5.56 Å². The SMILES string of the molecule is CC(Sc1nnc(N2CCOCC2)n1C)c1nc2cc(Cl)ccc2n1Cc1ccccc1. The highest BCUT2D eigenvalue weighted by Gasteiger charge is 2.23. The molecule has 4 aromatic rings. The number of halogens is 1. The molecule has 0 N–H and O–H groups in total. The number of aromatic nitrogens is 5. The minimum Gasteiger partial charge on any atom is -0.378 e. The maximum atomic E-state index is 6.26. The van der Waals surface area contributed by atoms with Gasteiger partial charge in [0, 0.05) is 31.7 Å². The maximum absolute atomic E-state index is 6.26. The van der Waals surface area contributed by atoms with E-state index in [0.29, 0.717) is 5.02 Å². The molecule has 0 saturated carbocycles. The number of benzene rings is 2. The molecule has 1 atom stereocenters. The summed E-state index contributed by atoms with van der Waals surface area (Å²) in [5.41, 5.74) is 3.21. The summed E-state index contributed by atoms with van der Waals surface area (Å²) < 4.78 is 9.80. The summed E-state index contributed by atoms with van der Waals surface area (Å²) >= 11 is 7.92. The van der Waals surface area contributed by atoms with E-state index < -0.39 is 0 Å². The zero-order valence-corrected chi connectivity index (χ0v) is 19.7. The summed E-state index contributed by atoms with van der Waals surface area (Å²) in [6, 6.07) is 16.3. The summed E-state index contributed by atoms with van der Waals surface area (Å²) in [5.74, 6) is 1.87. The van der Waals surface area contributed by atoms with Crippen molar-refractivity contribution in [1.82, 2.24) is 24.3 Å². The van der Waals surface area contributed by atoms with Crippen LogP contribution in [-0.2, 0) is 18.3 Å². The quantitative estimate of drug-likeness (QED) is 0.387. The van der Waals surface area contributed by atoms with Gasteiger partial charge in [-0.15, -0.1) is 10.2 Å². The number of anilines is 1. The van der Waals surface area contributed by atoms with Gasteiger partial charge < -0.3 is 14.2 Å². The van der Waals surface area contributed by atoms with E-state index in [4.69, 9.17) is 21.3 Å². The molecule has 1 fully saturated rings. The predicted octanol–water partition coefficient (Wildman–Crippen LogP) is 4.56. The molecule has 9 heteroatoms. The zero-order chi connectivity index (χ0) is 22.1. The van der Waals surface area contributed by atoms with E-state index in [1.54, 1.807) is 11.8 Å². The number of hydrogen-bond donors (Lipinski definition) is 0. The largest absolute Gasteiger partial charge is 0.378 e. The average molecular weight is 469 g/mol. The number of fused-ring (bicyclic) bond motifs is 1. The molecular formula is C23H25ClN6OS. The van der Waals surface area contributed by atoms with Crippen molar-refractivity contribution in [3.8, 4) is 0 Å². The van der Waals surface area contributed by atoms with Crippen molar-refractivity contribution in [2.45, 2.75) is 23.9 Å². The molecule has 0 amide bonds. The van der Waals surface area contributed by atoms with Crippen molar-refractivity contribution in [3.63, 3.8) is 0 Å². The van der Waals surface area contributed by atoms with Gasteiger partial charge in [-0.3, -0.25) is 4.57 Å². The molecule has 0 bridgehead atoms. The van der Waals surface area contributed by atoms with Gasteiger partial charge in [-0.05, 0) is 30.7 Å². The highest BCUT2D eigenvalue weighted by molar-refractivity contribution is 7.99. The fourth-order valence-corrected chi connectivity index (χ4v) is 5.12. The second-order valence-electron chi connectivity index (χ2n) is 7.88. The Balaban J connectivity index is 1.46. The fourth-order valence-electron chi connectivity index (χ4n) is 4.02. The van der Waals surface area contributed by atoms with Crippen LogP contribution in [0.3, 0.4) is 0 Å². The number of ether oxygens (including phenoxy) is 1. The second-order valence-corrected chi connectivity index (χ2v) is 9.62. The van der Waals surface area contributed by atoms with E-state index in [0.717, 1.165) is 60.8 Å². The van der Waals surface area contributed by atoms with Crippen LogP contribution in [0.2, 0.25) is 5.02 Å². The first kappa shape index (κ1) is 21.3. The van der Waals surface area contributed by atoms with Crippen molar-refractivity contribution in [1.29, 1.82) is 0 Å². The Labute approximate surface area is 196 Å². The van der Waals surface area contributed by atoms with Gasteiger partial charge in [0.2, 0.25) is 5.95 Å². The van der Waals surface area contributed by atoms with Crippen LogP contribution in [0.15, 0.2) is 53.7 Å². The standard InChI is InChI=1S/C23H25ClN6OS/c1-16(32-23-27-26-22(28(23)2)29-10-12-31-13-11-29)21-25-19-14-18(24)8-9-20(19)30(21)15-17-6-4-3-5-7-17/h3-9,14,16H,10-13,15H2,1-2H3. The first-order valence-electron chi connectivity index (χ1n) is 10.7. The van der Waals surface area contributed by atoms with Crippen LogP contribution in [0, 0.1) is 0 Å². The molecule has 7 nitrogen and oxygen atoms in total. The minimum absolute atomic E-state index is 0.0744. The number of hydrogen-bond acceptors (Lipinski definition) is 6. The average Bonchev–Trinajstić information content (AvgIpc) is 3.35. The van der Waals surface area contributed by atoms with Gasteiger partial charge in [-0.1, -0.05) is 53.7 Å². The number of morpholine rings is 1.